The first kappa shape index (κ1) is 14.9. The molecule has 0 aliphatic carbocycles. The molecule has 1 aliphatic heterocycles. The zero-order valence-corrected chi connectivity index (χ0v) is 12.0. The van der Waals surface area contributed by atoms with Crippen molar-refractivity contribution < 1.29 is 23.5 Å². The lowest BCUT2D eigenvalue weighted by Gasteiger charge is -2.30. The fraction of sp³-hybridized carbons (Fsp3) is 0.385. The van der Waals surface area contributed by atoms with E-state index in [9.17, 15) is 18.4 Å². The van der Waals surface area contributed by atoms with Crippen molar-refractivity contribution in [1.29, 1.82) is 0 Å². The van der Waals surface area contributed by atoms with Gasteiger partial charge in [0, 0.05) is 18.5 Å². The van der Waals surface area contributed by atoms with Gasteiger partial charge in [-0.15, -0.1) is 0 Å². The number of rotatable bonds is 3. The van der Waals surface area contributed by atoms with Gasteiger partial charge in [0.1, 0.15) is 11.6 Å². The van der Waals surface area contributed by atoms with E-state index >= 15 is 0 Å². The van der Waals surface area contributed by atoms with Gasteiger partial charge in [0.05, 0.1) is 16.9 Å². The number of hydrogen-bond donors (Lipinski definition) is 1. The Morgan fingerprint density at radius 2 is 2.15 bits per heavy atom. The maximum atomic E-state index is 13.9. The molecule has 1 aliphatic rings. The van der Waals surface area contributed by atoms with Crippen molar-refractivity contribution in [3.8, 4) is 0 Å². The predicted molar refractivity (Wildman–Crippen MR) is 69.8 cm³/mol. The average Bonchev–Trinajstić information content (AvgIpc) is 2.41. The standard InChI is InChI=1S/C13H12BrF2NO3/c14-9-2-3-10(15)8(12(9)16)6-17-5-7(13(19)20)1-4-11(17)18/h2-3,7H,1,4-6H2,(H,19,20). The molecule has 1 aromatic rings. The Morgan fingerprint density at radius 1 is 1.45 bits per heavy atom. The van der Waals surface area contributed by atoms with Gasteiger partial charge >= 0.3 is 5.97 Å². The van der Waals surface area contributed by atoms with Crippen LogP contribution in [0.4, 0.5) is 8.78 Å². The predicted octanol–water partition coefficient (Wildman–Crippen LogP) is 2.55. The molecule has 20 heavy (non-hydrogen) atoms. The van der Waals surface area contributed by atoms with Crippen molar-refractivity contribution in [1.82, 2.24) is 4.90 Å². The molecule has 4 nitrogen and oxygen atoms in total. The first-order valence-electron chi connectivity index (χ1n) is 6.03. The van der Waals surface area contributed by atoms with Crippen molar-refractivity contribution >= 4 is 27.8 Å². The number of benzene rings is 1. The second-order valence-electron chi connectivity index (χ2n) is 4.67. The topological polar surface area (TPSA) is 57.6 Å². The number of likely N-dealkylation sites (tertiary alicyclic amines) is 1. The average molecular weight is 348 g/mol. The normalized spacial score (nSPS) is 19.2. The molecule has 1 amide bonds. The molecule has 0 radical (unpaired) electrons. The molecular weight excluding hydrogens is 336 g/mol. The summed E-state index contributed by atoms with van der Waals surface area (Å²) in [7, 11) is 0. The van der Waals surface area contributed by atoms with Crippen LogP contribution in [0.5, 0.6) is 0 Å². The van der Waals surface area contributed by atoms with Crippen molar-refractivity contribution in [3.63, 3.8) is 0 Å². The molecule has 1 saturated heterocycles. The number of amides is 1. The molecule has 1 atom stereocenters. The molecule has 2 rings (SSSR count). The quantitative estimate of drug-likeness (QED) is 0.855. The number of aliphatic carboxylic acids is 1. The zero-order chi connectivity index (χ0) is 14.9. The summed E-state index contributed by atoms with van der Waals surface area (Å²) in [6, 6.07) is 2.35. The maximum absolute atomic E-state index is 13.9. The maximum Gasteiger partial charge on any atom is 0.308 e. The van der Waals surface area contributed by atoms with Crippen LogP contribution in [0, 0.1) is 17.6 Å². The number of carbonyl (C=O) groups excluding carboxylic acids is 1. The Labute approximate surface area is 122 Å². The van der Waals surface area contributed by atoms with Gasteiger partial charge in [0.15, 0.2) is 0 Å². The van der Waals surface area contributed by atoms with Gasteiger partial charge in [-0.05, 0) is 34.5 Å². The summed E-state index contributed by atoms with van der Waals surface area (Å²) < 4.78 is 27.6. The third-order valence-electron chi connectivity index (χ3n) is 3.34. The fourth-order valence-corrected chi connectivity index (χ4v) is 2.55. The van der Waals surface area contributed by atoms with Crippen molar-refractivity contribution in [3.05, 3.63) is 33.8 Å². The number of hydrogen-bond acceptors (Lipinski definition) is 2. The number of carboxylic acid groups (broad SMARTS) is 1. The zero-order valence-electron chi connectivity index (χ0n) is 10.4. The van der Waals surface area contributed by atoms with Gasteiger partial charge in [0.2, 0.25) is 5.91 Å². The van der Waals surface area contributed by atoms with E-state index in [-0.39, 0.29) is 41.9 Å². The van der Waals surface area contributed by atoms with E-state index in [2.05, 4.69) is 15.9 Å². The van der Waals surface area contributed by atoms with Crippen molar-refractivity contribution in [2.45, 2.75) is 19.4 Å². The summed E-state index contributed by atoms with van der Waals surface area (Å²) in [5.74, 6) is -3.50. The molecule has 0 aromatic heterocycles. The minimum absolute atomic E-state index is 0.0282. The Kier molecular flexibility index (Phi) is 4.37. The molecule has 0 bridgehead atoms. The van der Waals surface area contributed by atoms with Gasteiger partial charge in [0.25, 0.3) is 0 Å². The first-order chi connectivity index (χ1) is 9.40. The molecular formula is C13H12BrF2NO3. The fourth-order valence-electron chi connectivity index (χ4n) is 2.17. The Morgan fingerprint density at radius 3 is 2.80 bits per heavy atom. The molecule has 1 heterocycles. The molecule has 1 fully saturated rings. The highest BCUT2D eigenvalue weighted by molar-refractivity contribution is 9.10. The lowest BCUT2D eigenvalue weighted by molar-refractivity contribution is -0.147. The molecule has 1 unspecified atom stereocenters. The SMILES string of the molecule is O=C(O)C1CCC(=O)N(Cc2c(F)ccc(Br)c2F)C1. The second kappa shape index (κ2) is 5.87. The molecule has 0 saturated carbocycles. The van der Waals surface area contributed by atoms with Crippen molar-refractivity contribution in [2.75, 3.05) is 6.54 Å². The van der Waals surface area contributed by atoms with E-state index in [1.807, 2.05) is 0 Å². The van der Waals surface area contributed by atoms with Crippen LogP contribution in [0.15, 0.2) is 16.6 Å². The highest BCUT2D eigenvalue weighted by Gasteiger charge is 2.31. The molecule has 108 valence electrons. The van der Waals surface area contributed by atoms with E-state index in [0.29, 0.717) is 0 Å². The Hall–Kier alpha value is -1.50. The largest absolute Gasteiger partial charge is 0.481 e. The highest BCUT2D eigenvalue weighted by atomic mass is 79.9. The summed E-state index contributed by atoms with van der Waals surface area (Å²) >= 11 is 2.96. The van der Waals surface area contributed by atoms with Crippen LogP contribution in [0.1, 0.15) is 18.4 Å². The van der Waals surface area contributed by atoms with E-state index in [4.69, 9.17) is 5.11 Å². The lowest BCUT2D eigenvalue weighted by atomic mass is 9.97. The van der Waals surface area contributed by atoms with Crippen LogP contribution in [-0.4, -0.2) is 28.4 Å². The lowest BCUT2D eigenvalue weighted by Crippen LogP contribution is -2.42. The van der Waals surface area contributed by atoms with Gasteiger partial charge < -0.3 is 10.0 Å². The van der Waals surface area contributed by atoms with Gasteiger partial charge in [-0.3, -0.25) is 9.59 Å². The summed E-state index contributed by atoms with van der Waals surface area (Å²) in [4.78, 5) is 23.9. The molecule has 1 aromatic carbocycles. The number of carbonyl (C=O) groups is 2. The van der Waals surface area contributed by atoms with Crippen LogP contribution in [-0.2, 0) is 16.1 Å². The Bertz CT molecular complexity index is 565. The van der Waals surface area contributed by atoms with Crippen LogP contribution in [0.25, 0.3) is 0 Å². The first-order valence-corrected chi connectivity index (χ1v) is 6.82. The summed E-state index contributed by atoms with van der Waals surface area (Å²) in [5, 5.41) is 8.97. The van der Waals surface area contributed by atoms with E-state index in [0.717, 1.165) is 6.07 Å². The summed E-state index contributed by atoms with van der Waals surface area (Å²) in [5.41, 5.74) is -0.237. The number of halogens is 3. The minimum Gasteiger partial charge on any atom is -0.481 e. The Balaban J connectivity index is 2.22. The number of nitrogens with zero attached hydrogens (tertiary/aromatic N) is 1. The van der Waals surface area contributed by atoms with Gasteiger partial charge in [-0.25, -0.2) is 8.78 Å². The van der Waals surface area contributed by atoms with Crippen LogP contribution >= 0.6 is 15.9 Å². The van der Waals surface area contributed by atoms with E-state index in [1.165, 1.54) is 11.0 Å². The van der Waals surface area contributed by atoms with Crippen molar-refractivity contribution in [2.24, 2.45) is 5.92 Å². The highest BCUT2D eigenvalue weighted by Crippen LogP contribution is 2.25. The van der Waals surface area contributed by atoms with Crippen LogP contribution in [0.3, 0.4) is 0 Å². The summed E-state index contributed by atoms with van der Waals surface area (Å²) in [6.45, 7) is -0.292. The van der Waals surface area contributed by atoms with E-state index in [1.54, 1.807) is 0 Å². The van der Waals surface area contributed by atoms with Crippen LogP contribution < -0.4 is 0 Å². The minimum atomic E-state index is -1.00. The molecule has 0 spiro atoms. The molecule has 1 N–H and O–H groups in total. The second-order valence-corrected chi connectivity index (χ2v) is 5.52. The van der Waals surface area contributed by atoms with Gasteiger partial charge in [-0.1, -0.05) is 0 Å². The third-order valence-corrected chi connectivity index (χ3v) is 3.95. The van der Waals surface area contributed by atoms with E-state index < -0.39 is 23.5 Å². The van der Waals surface area contributed by atoms with Crippen LogP contribution in [0.2, 0.25) is 0 Å². The third kappa shape index (κ3) is 2.98. The molecule has 7 heteroatoms. The number of piperidine rings is 1. The monoisotopic (exact) mass is 347 g/mol. The van der Waals surface area contributed by atoms with Gasteiger partial charge in [-0.2, -0.15) is 0 Å². The number of carboxylic acids is 1. The summed E-state index contributed by atoms with van der Waals surface area (Å²) in [6.07, 6.45) is 0.336. The smallest absolute Gasteiger partial charge is 0.308 e.